The third-order valence-electron chi connectivity index (χ3n) is 3.85. The Bertz CT molecular complexity index is 420. The smallest absolute Gasteiger partial charge is 0.330 e. The number of hydrogen-bond acceptors (Lipinski definition) is 3. The molecule has 0 spiro atoms. The van der Waals surface area contributed by atoms with Crippen LogP contribution < -0.4 is 0 Å². The van der Waals surface area contributed by atoms with E-state index in [9.17, 15) is 9.59 Å². The zero-order chi connectivity index (χ0) is 14.2. The van der Waals surface area contributed by atoms with Gasteiger partial charge in [-0.1, -0.05) is 12.2 Å². The van der Waals surface area contributed by atoms with Gasteiger partial charge in [0.05, 0.1) is 12.2 Å². The van der Waals surface area contributed by atoms with Crippen LogP contribution in [0.4, 0.5) is 0 Å². The van der Waals surface area contributed by atoms with E-state index in [1.165, 1.54) is 0 Å². The minimum Gasteiger partial charge on any atom is -0.478 e. The third-order valence-corrected chi connectivity index (χ3v) is 3.85. The molecule has 5 heteroatoms. The summed E-state index contributed by atoms with van der Waals surface area (Å²) in [6, 6.07) is 0. The molecule has 0 aromatic heterocycles. The Labute approximate surface area is 111 Å². The van der Waals surface area contributed by atoms with Crippen molar-refractivity contribution in [3.63, 3.8) is 0 Å². The molecule has 0 aromatic carbocycles. The van der Waals surface area contributed by atoms with Gasteiger partial charge in [-0.05, 0) is 38.5 Å². The van der Waals surface area contributed by atoms with E-state index in [-0.39, 0.29) is 24.0 Å². The maximum atomic E-state index is 10.9. The number of epoxide rings is 1. The number of carbonyl (C=O) groups is 2. The van der Waals surface area contributed by atoms with Crippen LogP contribution in [0.2, 0.25) is 0 Å². The molecule has 0 bridgehead atoms. The summed E-state index contributed by atoms with van der Waals surface area (Å²) in [6.45, 7) is 3.13. The van der Waals surface area contributed by atoms with Crippen molar-refractivity contribution >= 4 is 11.9 Å². The summed E-state index contributed by atoms with van der Waals surface area (Å²) in [5.74, 6) is -1.80. The molecular weight excluding hydrogens is 248 g/mol. The van der Waals surface area contributed by atoms with Crippen LogP contribution in [0.25, 0.3) is 0 Å². The molecule has 1 heterocycles. The van der Waals surface area contributed by atoms with Crippen molar-refractivity contribution in [1.82, 2.24) is 0 Å². The second kappa shape index (κ2) is 5.17. The number of carboxylic acids is 2. The minimum atomic E-state index is -0.934. The fourth-order valence-electron chi connectivity index (χ4n) is 2.65. The van der Waals surface area contributed by atoms with Gasteiger partial charge in [-0.25, -0.2) is 9.59 Å². The molecule has 1 aliphatic heterocycles. The quantitative estimate of drug-likeness (QED) is 0.599. The average Bonchev–Trinajstić information content (AvgIpc) is 3.06. The van der Waals surface area contributed by atoms with Crippen LogP contribution in [-0.2, 0) is 14.3 Å². The van der Waals surface area contributed by atoms with E-state index < -0.39 is 11.9 Å². The van der Waals surface area contributed by atoms with Crippen molar-refractivity contribution in [1.29, 1.82) is 0 Å². The van der Waals surface area contributed by atoms with Crippen molar-refractivity contribution < 1.29 is 24.5 Å². The van der Waals surface area contributed by atoms with Gasteiger partial charge in [-0.3, -0.25) is 0 Å². The monoisotopic (exact) mass is 266 g/mol. The van der Waals surface area contributed by atoms with Gasteiger partial charge in [-0.15, -0.1) is 0 Å². The number of ether oxygens (including phenoxy) is 1. The van der Waals surface area contributed by atoms with Crippen LogP contribution >= 0.6 is 0 Å². The van der Waals surface area contributed by atoms with Gasteiger partial charge < -0.3 is 14.9 Å². The van der Waals surface area contributed by atoms with Crippen LogP contribution in [-0.4, -0.2) is 34.4 Å². The van der Waals surface area contributed by atoms with E-state index in [0.29, 0.717) is 11.1 Å². The molecule has 104 valence electrons. The Morgan fingerprint density at radius 3 is 1.63 bits per heavy atom. The topological polar surface area (TPSA) is 87.1 Å². The SMILES string of the molecule is CC(=CC1CC2OC2CC1C=C(C)C(=O)O)C(=O)O. The van der Waals surface area contributed by atoms with Gasteiger partial charge in [-0.2, -0.15) is 0 Å². The van der Waals surface area contributed by atoms with Gasteiger partial charge in [0, 0.05) is 11.1 Å². The maximum Gasteiger partial charge on any atom is 0.330 e. The van der Waals surface area contributed by atoms with Gasteiger partial charge in [0.1, 0.15) is 0 Å². The zero-order valence-corrected chi connectivity index (χ0v) is 11.0. The van der Waals surface area contributed by atoms with Gasteiger partial charge >= 0.3 is 11.9 Å². The average molecular weight is 266 g/mol. The third kappa shape index (κ3) is 3.23. The van der Waals surface area contributed by atoms with Crippen LogP contribution in [0.5, 0.6) is 0 Å². The summed E-state index contributed by atoms with van der Waals surface area (Å²) in [5.41, 5.74) is 0.603. The molecular formula is C14H18O5. The number of carboxylic acid groups (broad SMARTS) is 2. The van der Waals surface area contributed by atoms with Crippen molar-refractivity contribution in [3.8, 4) is 0 Å². The van der Waals surface area contributed by atoms with Gasteiger partial charge in [0.15, 0.2) is 0 Å². The van der Waals surface area contributed by atoms with Crippen molar-refractivity contribution in [2.75, 3.05) is 0 Å². The minimum absolute atomic E-state index is 0.0362. The molecule has 2 aliphatic rings. The molecule has 2 fully saturated rings. The maximum absolute atomic E-state index is 10.9. The van der Waals surface area contributed by atoms with Crippen LogP contribution in [0.3, 0.4) is 0 Å². The highest BCUT2D eigenvalue weighted by Gasteiger charge is 2.47. The first-order chi connectivity index (χ1) is 8.88. The molecule has 5 nitrogen and oxygen atoms in total. The van der Waals surface area contributed by atoms with E-state index in [0.717, 1.165) is 12.8 Å². The molecule has 1 saturated heterocycles. The molecule has 2 rings (SSSR count). The molecule has 0 radical (unpaired) electrons. The normalized spacial score (nSPS) is 34.6. The van der Waals surface area contributed by atoms with Crippen molar-refractivity contribution in [2.24, 2.45) is 11.8 Å². The zero-order valence-electron chi connectivity index (χ0n) is 11.0. The molecule has 0 aromatic rings. The Kier molecular flexibility index (Phi) is 3.75. The molecule has 4 atom stereocenters. The summed E-state index contributed by atoms with van der Waals surface area (Å²) in [4.78, 5) is 21.8. The van der Waals surface area contributed by atoms with E-state index >= 15 is 0 Å². The highest BCUT2D eigenvalue weighted by Crippen LogP contribution is 2.44. The van der Waals surface area contributed by atoms with E-state index in [2.05, 4.69) is 0 Å². The summed E-state index contributed by atoms with van der Waals surface area (Å²) >= 11 is 0. The first-order valence-corrected chi connectivity index (χ1v) is 6.37. The molecule has 2 N–H and O–H groups in total. The Morgan fingerprint density at radius 2 is 1.32 bits per heavy atom. The van der Waals surface area contributed by atoms with E-state index in [1.54, 1.807) is 26.0 Å². The predicted octanol–water partition coefficient (Wildman–Crippen LogP) is 1.84. The lowest BCUT2D eigenvalue weighted by Gasteiger charge is -2.25. The number of hydrogen-bond donors (Lipinski definition) is 2. The molecule has 4 unspecified atom stereocenters. The number of allylic oxidation sites excluding steroid dienone is 2. The Balaban J connectivity index is 2.18. The van der Waals surface area contributed by atoms with Crippen LogP contribution in [0.1, 0.15) is 26.7 Å². The molecule has 1 saturated carbocycles. The first-order valence-electron chi connectivity index (χ1n) is 6.37. The highest BCUT2D eigenvalue weighted by atomic mass is 16.6. The molecule has 0 amide bonds. The number of rotatable bonds is 4. The number of fused-ring (bicyclic) bond motifs is 1. The highest BCUT2D eigenvalue weighted by molar-refractivity contribution is 5.86. The summed E-state index contributed by atoms with van der Waals surface area (Å²) < 4.78 is 5.47. The summed E-state index contributed by atoms with van der Waals surface area (Å²) in [5, 5.41) is 17.9. The predicted molar refractivity (Wildman–Crippen MR) is 67.7 cm³/mol. The number of aliphatic carboxylic acids is 2. The second-order valence-corrected chi connectivity index (χ2v) is 5.32. The lowest BCUT2D eigenvalue weighted by atomic mass is 9.77. The fraction of sp³-hybridized carbons (Fsp3) is 0.571. The fourth-order valence-corrected chi connectivity index (χ4v) is 2.65. The Morgan fingerprint density at radius 1 is 0.947 bits per heavy atom. The van der Waals surface area contributed by atoms with Gasteiger partial charge in [0.25, 0.3) is 0 Å². The van der Waals surface area contributed by atoms with E-state index in [4.69, 9.17) is 14.9 Å². The second-order valence-electron chi connectivity index (χ2n) is 5.32. The first kappa shape index (κ1) is 13.8. The van der Waals surface area contributed by atoms with Crippen LogP contribution in [0.15, 0.2) is 23.3 Å². The summed E-state index contributed by atoms with van der Waals surface area (Å²) in [7, 11) is 0. The molecule has 19 heavy (non-hydrogen) atoms. The van der Waals surface area contributed by atoms with Crippen molar-refractivity contribution in [2.45, 2.75) is 38.9 Å². The van der Waals surface area contributed by atoms with Gasteiger partial charge in [0.2, 0.25) is 0 Å². The van der Waals surface area contributed by atoms with E-state index in [1.807, 2.05) is 0 Å². The lowest BCUT2D eigenvalue weighted by molar-refractivity contribution is -0.133. The largest absolute Gasteiger partial charge is 0.478 e. The van der Waals surface area contributed by atoms with Crippen LogP contribution in [0, 0.1) is 11.8 Å². The lowest BCUT2D eigenvalue weighted by Crippen LogP contribution is -2.23. The standard InChI is InChI=1S/C14H18O5/c1-7(13(15)16)3-9-5-11-12(19-11)6-10(9)4-8(2)14(17)18/h3-4,9-12H,5-6H2,1-2H3,(H,15,16)(H,17,18). The van der Waals surface area contributed by atoms with Crippen molar-refractivity contribution in [3.05, 3.63) is 23.3 Å². The summed E-state index contributed by atoms with van der Waals surface area (Å²) in [6.07, 6.45) is 5.44. The Hall–Kier alpha value is -1.62. The molecule has 1 aliphatic carbocycles.